The third-order valence-electron chi connectivity index (χ3n) is 5.24. The number of hydrogen-bond acceptors (Lipinski definition) is 3. The first-order valence-corrected chi connectivity index (χ1v) is 7.84. The van der Waals surface area contributed by atoms with Crippen molar-refractivity contribution in [2.75, 3.05) is 6.54 Å². The Kier molecular flexibility index (Phi) is 3.75. The molecular weight excluding hydrogens is 286 g/mol. The SMILES string of the molecule is CCC1(CC)C=CN2CCC(=O)C=C2C2=C(F)N=C(F)CC21. The van der Waals surface area contributed by atoms with E-state index < -0.39 is 11.9 Å². The summed E-state index contributed by atoms with van der Waals surface area (Å²) in [5.41, 5.74) is 0.624. The maximum absolute atomic E-state index is 14.5. The number of aliphatic imine (C=N–C) groups is 1. The number of hydrogen-bond donors (Lipinski definition) is 0. The molecule has 0 bridgehead atoms. The molecule has 3 rings (SSSR count). The van der Waals surface area contributed by atoms with Gasteiger partial charge in [-0.05, 0) is 18.3 Å². The van der Waals surface area contributed by atoms with Crippen molar-refractivity contribution in [1.29, 1.82) is 0 Å². The quantitative estimate of drug-likeness (QED) is 0.721. The van der Waals surface area contributed by atoms with Crippen LogP contribution in [0, 0.1) is 11.3 Å². The number of carbonyl (C=O) groups is 1. The van der Waals surface area contributed by atoms with Gasteiger partial charge in [-0.1, -0.05) is 19.9 Å². The Labute approximate surface area is 129 Å². The maximum Gasteiger partial charge on any atom is 0.220 e. The number of ketones is 1. The molecule has 0 aromatic heterocycles. The normalized spacial score (nSPS) is 27.0. The van der Waals surface area contributed by atoms with E-state index in [-0.39, 0.29) is 23.5 Å². The highest BCUT2D eigenvalue weighted by atomic mass is 19.1. The Morgan fingerprint density at radius 3 is 2.77 bits per heavy atom. The molecule has 3 heterocycles. The average molecular weight is 306 g/mol. The summed E-state index contributed by atoms with van der Waals surface area (Å²) in [7, 11) is 0. The molecule has 118 valence electrons. The van der Waals surface area contributed by atoms with E-state index >= 15 is 0 Å². The number of rotatable bonds is 2. The maximum atomic E-state index is 14.5. The van der Waals surface area contributed by atoms with Crippen molar-refractivity contribution in [3.8, 4) is 0 Å². The first-order valence-electron chi connectivity index (χ1n) is 7.84. The van der Waals surface area contributed by atoms with Gasteiger partial charge in [0, 0.05) is 43.2 Å². The van der Waals surface area contributed by atoms with Gasteiger partial charge in [0.1, 0.15) is 0 Å². The molecule has 1 unspecified atom stereocenters. The van der Waals surface area contributed by atoms with Crippen LogP contribution in [-0.2, 0) is 4.79 Å². The van der Waals surface area contributed by atoms with Crippen molar-refractivity contribution in [3.63, 3.8) is 0 Å². The number of nitrogens with zero attached hydrogens (tertiary/aromatic N) is 2. The smallest absolute Gasteiger partial charge is 0.220 e. The molecular formula is C17H20F2N2O. The van der Waals surface area contributed by atoms with Gasteiger partial charge in [0.05, 0.1) is 5.70 Å². The molecule has 0 aliphatic carbocycles. The molecule has 5 heteroatoms. The first-order chi connectivity index (χ1) is 10.5. The summed E-state index contributed by atoms with van der Waals surface area (Å²) in [4.78, 5) is 17.1. The van der Waals surface area contributed by atoms with Crippen molar-refractivity contribution < 1.29 is 13.6 Å². The van der Waals surface area contributed by atoms with E-state index in [4.69, 9.17) is 0 Å². The van der Waals surface area contributed by atoms with E-state index in [1.165, 1.54) is 6.08 Å². The van der Waals surface area contributed by atoms with Gasteiger partial charge >= 0.3 is 0 Å². The second kappa shape index (κ2) is 5.45. The van der Waals surface area contributed by atoms with Gasteiger partial charge in [0.15, 0.2) is 11.7 Å². The zero-order chi connectivity index (χ0) is 15.9. The molecule has 0 radical (unpaired) electrons. The fourth-order valence-corrected chi connectivity index (χ4v) is 3.78. The van der Waals surface area contributed by atoms with Crippen molar-refractivity contribution in [3.05, 3.63) is 35.6 Å². The van der Waals surface area contributed by atoms with Crippen LogP contribution in [0.1, 0.15) is 39.5 Å². The van der Waals surface area contributed by atoms with E-state index in [1.54, 1.807) is 0 Å². The number of carbonyl (C=O) groups excluding carboxylic acids is 1. The summed E-state index contributed by atoms with van der Waals surface area (Å²) in [6, 6.07) is 0. The molecule has 0 aromatic carbocycles. The standard InChI is InChI=1S/C17H20F2N2O/c1-3-17(4-2)6-8-21-7-5-11(22)9-13(21)15-12(17)10-14(18)20-16(15)19/h6,8-9,12H,3-5,7,10H2,1-2H3. The third kappa shape index (κ3) is 2.23. The molecule has 0 saturated heterocycles. The van der Waals surface area contributed by atoms with Gasteiger partial charge in [-0.3, -0.25) is 4.79 Å². The predicted molar refractivity (Wildman–Crippen MR) is 81.4 cm³/mol. The van der Waals surface area contributed by atoms with Gasteiger partial charge < -0.3 is 4.90 Å². The third-order valence-corrected chi connectivity index (χ3v) is 5.24. The Bertz CT molecular complexity index is 627. The van der Waals surface area contributed by atoms with Crippen molar-refractivity contribution in [2.24, 2.45) is 16.3 Å². The molecule has 0 aromatic rings. The largest absolute Gasteiger partial charge is 0.347 e. The van der Waals surface area contributed by atoms with Crippen LogP contribution in [0.5, 0.6) is 0 Å². The van der Waals surface area contributed by atoms with Gasteiger partial charge in [-0.25, -0.2) is 0 Å². The predicted octanol–water partition coefficient (Wildman–Crippen LogP) is 4.05. The molecule has 0 N–H and O–H groups in total. The van der Waals surface area contributed by atoms with E-state index in [9.17, 15) is 13.6 Å². The zero-order valence-electron chi connectivity index (χ0n) is 12.9. The monoisotopic (exact) mass is 306 g/mol. The Hall–Kier alpha value is -1.78. The topological polar surface area (TPSA) is 32.7 Å². The molecule has 22 heavy (non-hydrogen) atoms. The molecule has 0 saturated carbocycles. The summed E-state index contributed by atoms with van der Waals surface area (Å²) < 4.78 is 28.3. The highest BCUT2D eigenvalue weighted by Crippen LogP contribution is 2.51. The summed E-state index contributed by atoms with van der Waals surface area (Å²) in [6.07, 6.45) is 7.55. The summed E-state index contributed by atoms with van der Waals surface area (Å²) in [5.74, 6) is -1.79. The highest BCUT2D eigenvalue weighted by Gasteiger charge is 2.44. The Morgan fingerprint density at radius 1 is 1.36 bits per heavy atom. The molecule has 0 fully saturated rings. The Morgan fingerprint density at radius 2 is 2.09 bits per heavy atom. The second-order valence-electron chi connectivity index (χ2n) is 6.14. The van der Waals surface area contributed by atoms with Crippen molar-refractivity contribution in [2.45, 2.75) is 39.5 Å². The van der Waals surface area contributed by atoms with Crippen LogP contribution in [0.2, 0.25) is 0 Å². The number of allylic oxidation sites excluding steroid dienone is 3. The minimum absolute atomic E-state index is 0.0192. The lowest BCUT2D eigenvalue weighted by Crippen LogP contribution is -2.34. The van der Waals surface area contributed by atoms with Crippen LogP contribution in [-0.4, -0.2) is 23.2 Å². The fraction of sp³-hybridized carbons (Fsp3) is 0.529. The molecule has 3 aliphatic rings. The van der Waals surface area contributed by atoms with Crippen LogP contribution in [0.3, 0.4) is 0 Å². The van der Waals surface area contributed by atoms with Crippen LogP contribution in [0.4, 0.5) is 8.78 Å². The first kappa shape index (κ1) is 15.1. The number of halogens is 2. The lowest BCUT2D eigenvalue weighted by atomic mass is 9.66. The van der Waals surface area contributed by atoms with Gasteiger partial charge in [-0.15, -0.1) is 0 Å². The summed E-state index contributed by atoms with van der Waals surface area (Å²) in [5, 5.41) is 0. The minimum Gasteiger partial charge on any atom is -0.347 e. The van der Waals surface area contributed by atoms with Crippen LogP contribution < -0.4 is 0 Å². The van der Waals surface area contributed by atoms with E-state index in [1.807, 2.05) is 24.9 Å². The minimum atomic E-state index is -0.783. The molecule has 0 amide bonds. The van der Waals surface area contributed by atoms with Crippen molar-refractivity contribution in [1.82, 2.24) is 4.90 Å². The molecule has 0 spiro atoms. The van der Waals surface area contributed by atoms with E-state index in [0.717, 1.165) is 12.8 Å². The molecule has 1 atom stereocenters. The lowest BCUT2D eigenvalue weighted by Gasteiger charge is -2.39. The van der Waals surface area contributed by atoms with Crippen LogP contribution >= 0.6 is 0 Å². The Balaban J connectivity index is 2.23. The summed E-state index contributed by atoms with van der Waals surface area (Å²) >= 11 is 0. The van der Waals surface area contributed by atoms with Gasteiger partial charge in [0.25, 0.3) is 0 Å². The van der Waals surface area contributed by atoms with E-state index in [0.29, 0.717) is 24.2 Å². The highest BCUT2D eigenvalue weighted by molar-refractivity contribution is 5.92. The number of fused-ring (bicyclic) bond motifs is 3. The second-order valence-corrected chi connectivity index (χ2v) is 6.14. The van der Waals surface area contributed by atoms with E-state index in [2.05, 4.69) is 11.1 Å². The van der Waals surface area contributed by atoms with Crippen molar-refractivity contribution >= 4 is 11.7 Å². The van der Waals surface area contributed by atoms with Gasteiger partial charge in [-0.2, -0.15) is 13.8 Å². The van der Waals surface area contributed by atoms with Gasteiger partial charge in [0.2, 0.25) is 5.95 Å². The average Bonchev–Trinajstić information content (AvgIpc) is 2.62. The van der Waals surface area contributed by atoms with Crippen LogP contribution in [0.15, 0.2) is 40.6 Å². The molecule has 3 nitrogen and oxygen atoms in total. The van der Waals surface area contributed by atoms with Crippen LogP contribution in [0.25, 0.3) is 0 Å². The zero-order valence-corrected chi connectivity index (χ0v) is 12.9. The molecule has 3 aliphatic heterocycles. The lowest BCUT2D eigenvalue weighted by molar-refractivity contribution is -0.115. The fourth-order valence-electron chi connectivity index (χ4n) is 3.78. The summed E-state index contributed by atoms with van der Waals surface area (Å²) in [6.45, 7) is 4.61.